The highest BCUT2D eigenvalue weighted by Crippen LogP contribution is 2.18. The highest BCUT2D eigenvalue weighted by Gasteiger charge is 2.21. The van der Waals surface area contributed by atoms with E-state index in [1.807, 2.05) is 0 Å². The average Bonchev–Trinajstić information content (AvgIpc) is 2.87. The van der Waals surface area contributed by atoms with Crippen LogP contribution in [0.25, 0.3) is 0 Å². The van der Waals surface area contributed by atoms with Gasteiger partial charge in [0.2, 0.25) is 0 Å². The van der Waals surface area contributed by atoms with E-state index in [2.05, 4.69) is 18.7 Å². The summed E-state index contributed by atoms with van der Waals surface area (Å²) in [6.07, 6.45) is 3.47. The Morgan fingerprint density at radius 3 is 2.68 bits per heavy atom. The van der Waals surface area contributed by atoms with Crippen LogP contribution in [0.2, 0.25) is 0 Å². The Balaban J connectivity index is 2.84. The fraction of sp³-hybridized carbons (Fsp3) is 0.643. The summed E-state index contributed by atoms with van der Waals surface area (Å²) in [5.74, 6) is 0.199. The summed E-state index contributed by atoms with van der Waals surface area (Å²) in [5.41, 5.74) is 0.455. The first kappa shape index (κ1) is 15.7. The fourth-order valence-electron chi connectivity index (χ4n) is 2.26. The predicted molar refractivity (Wildman–Crippen MR) is 71.9 cm³/mol. The van der Waals surface area contributed by atoms with E-state index in [-0.39, 0.29) is 6.61 Å². The van der Waals surface area contributed by atoms with Crippen LogP contribution in [0.4, 0.5) is 0 Å². The Kier molecular flexibility index (Phi) is 6.59. The normalized spacial score (nSPS) is 11.3. The van der Waals surface area contributed by atoms with Gasteiger partial charge in [0.25, 0.3) is 0 Å². The van der Waals surface area contributed by atoms with E-state index in [4.69, 9.17) is 14.3 Å². The zero-order valence-electron chi connectivity index (χ0n) is 11.9. The monoisotopic (exact) mass is 269 g/mol. The number of rotatable bonds is 8. The topological polar surface area (TPSA) is 62.9 Å². The molecule has 108 valence electrons. The zero-order chi connectivity index (χ0) is 14.3. The molecule has 1 heterocycles. The molecule has 0 saturated carbocycles. The first-order valence-corrected chi connectivity index (χ1v) is 6.67. The Morgan fingerprint density at radius 2 is 2.16 bits per heavy atom. The third kappa shape index (κ3) is 4.08. The van der Waals surface area contributed by atoms with Gasteiger partial charge in [0.1, 0.15) is 11.3 Å². The quantitative estimate of drug-likeness (QED) is 0.732. The molecule has 1 aromatic rings. The van der Waals surface area contributed by atoms with Crippen LogP contribution in [0.3, 0.4) is 0 Å². The Hall–Kier alpha value is -1.33. The second kappa shape index (κ2) is 7.96. The van der Waals surface area contributed by atoms with Crippen molar-refractivity contribution in [3.05, 3.63) is 23.7 Å². The van der Waals surface area contributed by atoms with Gasteiger partial charge in [-0.1, -0.05) is 13.8 Å². The summed E-state index contributed by atoms with van der Waals surface area (Å²) in [5, 5.41) is 9.17. The van der Waals surface area contributed by atoms with Gasteiger partial charge in [0, 0.05) is 12.6 Å². The number of methoxy groups -OCH3 is 1. The smallest absolute Gasteiger partial charge is 0.341 e. The number of furan rings is 1. The van der Waals surface area contributed by atoms with Gasteiger partial charge in [-0.2, -0.15) is 0 Å². The summed E-state index contributed by atoms with van der Waals surface area (Å²) in [4.78, 5) is 13.7. The van der Waals surface area contributed by atoms with Crippen LogP contribution in [-0.4, -0.2) is 42.3 Å². The standard InChI is InChI=1S/C14H23NO4/c1-4-11(5-2)15(7-8-16)10-13-12(6-9-19-13)14(17)18-3/h6,9,11,16H,4-5,7-8,10H2,1-3H3. The largest absolute Gasteiger partial charge is 0.467 e. The molecular weight excluding hydrogens is 246 g/mol. The minimum atomic E-state index is -0.391. The summed E-state index contributed by atoms with van der Waals surface area (Å²) in [6.45, 7) is 5.38. The van der Waals surface area contributed by atoms with Gasteiger partial charge in [-0.25, -0.2) is 4.79 Å². The lowest BCUT2D eigenvalue weighted by Crippen LogP contribution is -2.36. The first-order valence-electron chi connectivity index (χ1n) is 6.67. The van der Waals surface area contributed by atoms with Gasteiger partial charge in [-0.15, -0.1) is 0 Å². The molecule has 0 aliphatic carbocycles. The molecule has 19 heavy (non-hydrogen) atoms. The molecule has 0 spiro atoms. The third-order valence-corrected chi connectivity index (χ3v) is 3.34. The van der Waals surface area contributed by atoms with E-state index >= 15 is 0 Å². The first-order chi connectivity index (χ1) is 9.17. The molecule has 0 radical (unpaired) electrons. The minimum Gasteiger partial charge on any atom is -0.467 e. The second-order valence-corrected chi connectivity index (χ2v) is 4.41. The van der Waals surface area contributed by atoms with Crippen molar-refractivity contribution in [2.75, 3.05) is 20.3 Å². The highest BCUT2D eigenvalue weighted by molar-refractivity contribution is 5.90. The Labute approximate surface area is 114 Å². The van der Waals surface area contributed by atoms with Crippen molar-refractivity contribution in [2.24, 2.45) is 0 Å². The molecule has 0 aliphatic heterocycles. The van der Waals surface area contributed by atoms with Crippen LogP contribution in [0.1, 0.15) is 42.8 Å². The number of hydrogen-bond acceptors (Lipinski definition) is 5. The van der Waals surface area contributed by atoms with Crippen molar-refractivity contribution in [1.29, 1.82) is 0 Å². The van der Waals surface area contributed by atoms with Gasteiger partial charge in [-0.3, -0.25) is 4.90 Å². The molecule has 1 N–H and O–H groups in total. The summed E-state index contributed by atoms with van der Waals surface area (Å²) >= 11 is 0. The lowest BCUT2D eigenvalue weighted by atomic mass is 10.1. The van der Waals surface area contributed by atoms with E-state index in [0.29, 0.717) is 30.5 Å². The van der Waals surface area contributed by atoms with Crippen LogP contribution >= 0.6 is 0 Å². The molecule has 0 saturated heterocycles. The van der Waals surface area contributed by atoms with Crippen LogP contribution in [0.15, 0.2) is 16.7 Å². The molecule has 5 heteroatoms. The van der Waals surface area contributed by atoms with Crippen molar-refractivity contribution in [3.63, 3.8) is 0 Å². The number of hydrogen-bond donors (Lipinski definition) is 1. The van der Waals surface area contributed by atoms with Crippen molar-refractivity contribution < 1.29 is 19.1 Å². The maximum absolute atomic E-state index is 11.6. The number of esters is 1. The maximum Gasteiger partial charge on any atom is 0.341 e. The molecule has 0 amide bonds. The van der Waals surface area contributed by atoms with Gasteiger partial charge in [-0.05, 0) is 18.9 Å². The fourth-order valence-corrected chi connectivity index (χ4v) is 2.26. The molecule has 1 aromatic heterocycles. The molecule has 0 fully saturated rings. The van der Waals surface area contributed by atoms with E-state index in [1.54, 1.807) is 6.07 Å². The van der Waals surface area contributed by atoms with Crippen molar-refractivity contribution >= 4 is 5.97 Å². The number of nitrogens with zero attached hydrogens (tertiary/aromatic N) is 1. The van der Waals surface area contributed by atoms with Gasteiger partial charge in [0.05, 0.1) is 26.5 Å². The van der Waals surface area contributed by atoms with Crippen LogP contribution < -0.4 is 0 Å². The van der Waals surface area contributed by atoms with E-state index in [1.165, 1.54) is 13.4 Å². The zero-order valence-corrected chi connectivity index (χ0v) is 11.9. The minimum absolute atomic E-state index is 0.0881. The second-order valence-electron chi connectivity index (χ2n) is 4.41. The summed E-state index contributed by atoms with van der Waals surface area (Å²) in [7, 11) is 1.35. The van der Waals surface area contributed by atoms with Crippen LogP contribution in [0, 0.1) is 0 Å². The molecule has 0 aliphatic rings. The molecule has 5 nitrogen and oxygen atoms in total. The molecular formula is C14H23NO4. The van der Waals surface area contributed by atoms with Crippen LogP contribution in [-0.2, 0) is 11.3 Å². The number of aliphatic hydroxyl groups is 1. The lowest BCUT2D eigenvalue weighted by molar-refractivity contribution is 0.0594. The lowest BCUT2D eigenvalue weighted by Gasteiger charge is -2.29. The molecule has 0 bridgehead atoms. The van der Waals surface area contributed by atoms with Crippen molar-refractivity contribution in [1.82, 2.24) is 4.90 Å². The number of carbonyl (C=O) groups is 1. The number of ether oxygens (including phenoxy) is 1. The Morgan fingerprint density at radius 1 is 1.47 bits per heavy atom. The maximum atomic E-state index is 11.6. The third-order valence-electron chi connectivity index (χ3n) is 3.34. The predicted octanol–water partition coefficient (Wildman–Crippen LogP) is 2.05. The Bertz CT molecular complexity index is 385. The molecule has 0 unspecified atom stereocenters. The summed E-state index contributed by atoms with van der Waals surface area (Å²) < 4.78 is 10.1. The van der Waals surface area contributed by atoms with Crippen LogP contribution in [0.5, 0.6) is 0 Å². The van der Waals surface area contributed by atoms with E-state index < -0.39 is 5.97 Å². The van der Waals surface area contributed by atoms with E-state index in [9.17, 15) is 4.79 Å². The van der Waals surface area contributed by atoms with Crippen molar-refractivity contribution in [3.8, 4) is 0 Å². The summed E-state index contributed by atoms with van der Waals surface area (Å²) in [6, 6.07) is 1.98. The SMILES string of the molecule is CCC(CC)N(CCO)Cc1occc1C(=O)OC. The van der Waals surface area contributed by atoms with E-state index in [0.717, 1.165) is 12.8 Å². The van der Waals surface area contributed by atoms with Gasteiger partial charge >= 0.3 is 5.97 Å². The van der Waals surface area contributed by atoms with Gasteiger partial charge in [0.15, 0.2) is 0 Å². The molecule has 1 rings (SSSR count). The number of aliphatic hydroxyl groups excluding tert-OH is 1. The average molecular weight is 269 g/mol. The number of carbonyl (C=O) groups excluding carboxylic acids is 1. The van der Waals surface area contributed by atoms with Gasteiger partial charge < -0.3 is 14.3 Å². The highest BCUT2D eigenvalue weighted by atomic mass is 16.5. The molecule has 0 atom stereocenters. The molecule has 0 aromatic carbocycles. The van der Waals surface area contributed by atoms with Crippen molar-refractivity contribution in [2.45, 2.75) is 39.3 Å².